The van der Waals surface area contributed by atoms with Gasteiger partial charge in [0.2, 0.25) is 0 Å². The lowest BCUT2D eigenvalue weighted by atomic mass is 9.79. The van der Waals surface area contributed by atoms with E-state index in [1.54, 1.807) is 5.56 Å². The maximum absolute atomic E-state index is 5.82. The van der Waals surface area contributed by atoms with Crippen molar-refractivity contribution >= 4 is 10.9 Å². The van der Waals surface area contributed by atoms with E-state index in [1.807, 2.05) is 0 Å². The van der Waals surface area contributed by atoms with Crippen LogP contribution in [0.4, 0.5) is 0 Å². The van der Waals surface area contributed by atoms with Crippen LogP contribution in [0.1, 0.15) is 57.1 Å². The maximum atomic E-state index is 5.82. The summed E-state index contributed by atoms with van der Waals surface area (Å²) >= 11 is 0. The van der Waals surface area contributed by atoms with Crippen molar-refractivity contribution in [3.63, 3.8) is 0 Å². The molecule has 1 aliphatic carbocycles. The molecule has 1 heterocycles. The Morgan fingerprint density at radius 1 is 1.15 bits per heavy atom. The molecule has 2 aromatic rings. The molecule has 1 fully saturated rings. The predicted octanol–water partition coefficient (Wildman–Crippen LogP) is 4.45. The third-order valence-electron chi connectivity index (χ3n) is 4.95. The van der Waals surface area contributed by atoms with E-state index in [0.717, 1.165) is 18.4 Å². The predicted molar refractivity (Wildman–Crippen MR) is 86.1 cm³/mol. The number of benzene rings is 1. The molecule has 0 radical (unpaired) electrons. The normalized spacial score (nSPS) is 23.6. The van der Waals surface area contributed by atoms with Crippen LogP contribution in [0.2, 0.25) is 0 Å². The third-order valence-corrected chi connectivity index (χ3v) is 4.95. The molecule has 1 aromatic carbocycles. The number of rotatable bonds is 3. The Balaban J connectivity index is 1.96. The van der Waals surface area contributed by atoms with Gasteiger partial charge < -0.3 is 10.3 Å². The van der Waals surface area contributed by atoms with Crippen LogP contribution >= 0.6 is 0 Å². The van der Waals surface area contributed by atoms with E-state index in [9.17, 15) is 0 Å². The minimum atomic E-state index is 0.522. The largest absolute Gasteiger partial charge is 0.345 e. The first-order valence-electron chi connectivity index (χ1n) is 8.00. The molecule has 0 aliphatic heterocycles. The highest BCUT2D eigenvalue weighted by Gasteiger charge is 2.24. The van der Waals surface area contributed by atoms with Crippen molar-refractivity contribution in [3.05, 3.63) is 36.0 Å². The average Bonchev–Trinajstić information content (AvgIpc) is 2.87. The van der Waals surface area contributed by atoms with Crippen LogP contribution < -0.4 is 5.73 Å². The first-order valence-corrected chi connectivity index (χ1v) is 8.00. The van der Waals surface area contributed by atoms with E-state index in [1.165, 1.54) is 36.6 Å². The van der Waals surface area contributed by atoms with Gasteiger partial charge in [-0.25, -0.2) is 0 Å². The van der Waals surface area contributed by atoms with Crippen molar-refractivity contribution in [3.8, 4) is 0 Å². The zero-order chi connectivity index (χ0) is 14.1. The quantitative estimate of drug-likeness (QED) is 0.877. The second kappa shape index (κ2) is 5.61. The molecule has 0 atom stereocenters. The van der Waals surface area contributed by atoms with E-state index < -0.39 is 0 Å². The van der Waals surface area contributed by atoms with Gasteiger partial charge in [-0.05, 0) is 69.5 Å². The standard InChI is InChI=1S/C18H26N2/c1-13(2)20-12-17(16-5-3-4-6-18(16)20)15-9-7-14(11-19)8-10-15/h3-6,12-15H,7-11,19H2,1-2H3. The number of nitrogens with two attached hydrogens (primary N) is 1. The summed E-state index contributed by atoms with van der Waals surface area (Å²) in [4.78, 5) is 0. The number of nitrogens with zero attached hydrogens (tertiary/aromatic N) is 1. The van der Waals surface area contributed by atoms with Crippen molar-refractivity contribution in [2.24, 2.45) is 11.7 Å². The number of hydrogen-bond donors (Lipinski definition) is 1. The molecule has 20 heavy (non-hydrogen) atoms. The van der Waals surface area contributed by atoms with Crippen LogP contribution in [-0.2, 0) is 0 Å². The summed E-state index contributed by atoms with van der Waals surface area (Å²) in [5.74, 6) is 1.48. The van der Waals surface area contributed by atoms with Gasteiger partial charge in [-0.3, -0.25) is 0 Å². The van der Waals surface area contributed by atoms with Gasteiger partial charge in [0, 0.05) is 23.1 Å². The van der Waals surface area contributed by atoms with Crippen LogP contribution in [0.15, 0.2) is 30.5 Å². The molecule has 0 unspecified atom stereocenters. The van der Waals surface area contributed by atoms with Crippen molar-refractivity contribution < 1.29 is 0 Å². The molecule has 2 N–H and O–H groups in total. The van der Waals surface area contributed by atoms with E-state index in [0.29, 0.717) is 6.04 Å². The van der Waals surface area contributed by atoms with Gasteiger partial charge in [0.15, 0.2) is 0 Å². The third kappa shape index (κ3) is 2.37. The molecule has 3 rings (SSSR count). The number of hydrogen-bond acceptors (Lipinski definition) is 1. The molecule has 0 saturated heterocycles. The summed E-state index contributed by atoms with van der Waals surface area (Å²) in [6.45, 7) is 5.39. The highest BCUT2D eigenvalue weighted by molar-refractivity contribution is 5.84. The van der Waals surface area contributed by atoms with Crippen LogP contribution in [0.5, 0.6) is 0 Å². The topological polar surface area (TPSA) is 30.9 Å². The van der Waals surface area contributed by atoms with E-state index in [-0.39, 0.29) is 0 Å². The van der Waals surface area contributed by atoms with Gasteiger partial charge in [-0.1, -0.05) is 18.2 Å². The van der Waals surface area contributed by atoms with Crippen molar-refractivity contribution in [1.82, 2.24) is 4.57 Å². The lowest BCUT2D eigenvalue weighted by molar-refractivity contribution is 0.333. The SMILES string of the molecule is CC(C)n1cc(C2CCC(CN)CC2)c2ccccc21. The minimum absolute atomic E-state index is 0.522. The molecular formula is C18H26N2. The van der Waals surface area contributed by atoms with E-state index in [2.05, 4.69) is 48.9 Å². The maximum Gasteiger partial charge on any atom is 0.0485 e. The Morgan fingerprint density at radius 3 is 2.50 bits per heavy atom. The second-order valence-corrected chi connectivity index (χ2v) is 6.56. The van der Waals surface area contributed by atoms with Crippen LogP contribution in [-0.4, -0.2) is 11.1 Å². The fraction of sp³-hybridized carbons (Fsp3) is 0.556. The van der Waals surface area contributed by atoms with Crippen molar-refractivity contribution in [2.75, 3.05) is 6.54 Å². The van der Waals surface area contributed by atoms with Crippen molar-refractivity contribution in [1.29, 1.82) is 0 Å². The zero-order valence-corrected chi connectivity index (χ0v) is 12.7. The van der Waals surface area contributed by atoms with Gasteiger partial charge in [0.05, 0.1) is 0 Å². The molecular weight excluding hydrogens is 244 g/mol. The molecule has 0 amide bonds. The zero-order valence-electron chi connectivity index (χ0n) is 12.7. The van der Waals surface area contributed by atoms with E-state index >= 15 is 0 Å². The van der Waals surface area contributed by atoms with Crippen LogP contribution in [0.25, 0.3) is 10.9 Å². The highest BCUT2D eigenvalue weighted by atomic mass is 15.0. The van der Waals surface area contributed by atoms with Crippen LogP contribution in [0, 0.1) is 5.92 Å². The lowest BCUT2D eigenvalue weighted by Crippen LogP contribution is -2.20. The molecule has 0 bridgehead atoms. The second-order valence-electron chi connectivity index (χ2n) is 6.56. The van der Waals surface area contributed by atoms with Gasteiger partial charge in [0.1, 0.15) is 0 Å². The van der Waals surface area contributed by atoms with E-state index in [4.69, 9.17) is 5.73 Å². The molecule has 1 aliphatic rings. The molecule has 1 saturated carbocycles. The first kappa shape index (κ1) is 13.7. The Morgan fingerprint density at radius 2 is 1.85 bits per heavy atom. The molecule has 1 aromatic heterocycles. The van der Waals surface area contributed by atoms with Gasteiger partial charge >= 0.3 is 0 Å². The Kier molecular flexibility index (Phi) is 3.84. The van der Waals surface area contributed by atoms with Crippen molar-refractivity contribution in [2.45, 2.75) is 51.5 Å². The minimum Gasteiger partial charge on any atom is -0.345 e. The summed E-state index contributed by atoms with van der Waals surface area (Å²) in [5, 5.41) is 1.46. The average molecular weight is 270 g/mol. The lowest BCUT2D eigenvalue weighted by Gasteiger charge is -2.27. The van der Waals surface area contributed by atoms with Crippen LogP contribution in [0.3, 0.4) is 0 Å². The van der Waals surface area contributed by atoms with Gasteiger partial charge in [-0.2, -0.15) is 0 Å². The Hall–Kier alpha value is -1.28. The first-order chi connectivity index (χ1) is 9.70. The molecule has 2 heteroatoms. The monoisotopic (exact) mass is 270 g/mol. The summed E-state index contributed by atoms with van der Waals surface area (Å²) in [6.07, 6.45) is 7.59. The molecule has 0 spiro atoms. The number of aromatic nitrogens is 1. The van der Waals surface area contributed by atoms with Gasteiger partial charge in [-0.15, -0.1) is 0 Å². The number of fused-ring (bicyclic) bond motifs is 1. The summed E-state index contributed by atoms with van der Waals surface area (Å²) < 4.78 is 2.43. The molecule has 2 nitrogen and oxygen atoms in total. The summed E-state index contributed by atoms with van der Waals surface area (Å²) in [5.41, 5.74) is 8.77. The Bertz CT molecular complexity index is 574. The fourth-order valence-corrected chi connectivity index (χ4v) is 3.69. The molecule has 108 valence electrons. The Labute approximate surface area is 122 Å². The summed E-state index contributed by atoms with van der Waals surface area (Å²) in [7, 11) is 0. The van der Waals surface area contributed by atoms with Gasteiger partial charge in [0.25, 0.3) is 0 Å². The fourth-order valence-electron chi connectivity index (χ4n) is 3.69. The number of para-hydroxylation sites is 1. The summed E-state index contributed by atoms with van der Waals surface area (Å²) in [6, 6.07) is 9.38. The highest BCUT2D eigenvalue weighted by Crippen LogP contribution is 2.39. The smallest absolute Gasteiger partial charge is 0.0485 e.